The van der Waals surface area contributed by atoms with Gasteiger partial charge in [-0.2, -0.15) is 0 Å². The van der Waals surface area contributed by atoms with Gasteiger partial charge < -0.3 is 9.47 Å². The van der Waals surface area contributed by atoms with Gasteiger partial charge in [-0.25, -0.2) is 0 Å². The Labute approximate surface area is 116 Å². The molecule has 2 saturated heterocycles. The third-order valence-electron chi connectivity index (χ3n) is 3.63. The third kappa shape index (κ3) is 2.77. The van der Waals surface area contributed by atoms with Gasteiger partial charge in [0.05, 0.1) is 19.8 Å². The van der Waals surface area contributed by atoms with E-state index in [-0.39, 0.29) is 5.79 Å². The van der Waals surface area contributed by atoms with Crippen LogP contribution in [-0.4, -0.2) is 37.0 Å². The smallest absolute Gasteiger partial charge is 0.181 e. The normalized spacial score (nSPS) is 23.6. The lowest BCUT2D eigenvalue weighted by molar-refractivity contribution is -0.190. The number of ether oxygens (including phenoxy) is 2. The van der Waals surface area contributed by atoms with Gasteiger partial charge in [-0.3, -0.25) is 4.90 Å². The molecule has 3 rings (SSSR count). The lowest BCUT2D eigenvalue weighted by atomic mass is 10.0. The predicted molar refractivity (Wildman–Crippen MR) is 73.3 cm³/mol. The Balaban J connectivity index is 1.64. The third-order valence-corrected chi connectivity index (χ3v) is 4.16. The number of likely N-dealkylation sites (tertiary alicyclic amines) is 1. The van der Waals surface area contributed by atoms with Crippen LogP contribution in [0.25, 0.3) is 0 Å². The summed E-state index contributed by atoms with van der Waals surface area (Å²) in [5.41, 5.74) is 1.34. The Hall–Kier alpha value is -0.420. The standard InChI is InChI=1S/C14H18BrNO2/c15-13-4-2-12(3-5-13)10-16-7-1-6-14(11-16)17-8-9-18-14/h2-5H,1,6-11H2. The number of halogens is 1. The molecule has 2 fully saturated rings. The second-order valence-electron chi connectivity index (χ2n) is 5.05. The summed E-state index contributed by atoms with van der Waals surface area (Å²) in [5.74, 6) is -0.312. The van der Waals surface area contributed by atoms with Crippen LogP contribution < -0.4 is 0 Å². The molecule has 0 N–H and O–H groups in total. The van der Waals surface area contributed by atoms with Crippen molar-refractivity contribution in [1.29, 1.82) is 0 Å². The van der Waals surface area contributed by atoms with Gasteiger partial charge in [-0.05, 0) is 30.7 Å². The number of piperidine rings is 1. The molecule has 2 heterocycles. The fraction of sp³-hybridized carbons (Fsp3) is 0.571. The van der Waals surface area contributed by atoms with Crippen molar-refractivity contribution >= 4 is 15.9 Å². The van der Waals surface area contributed by atoms with E-state index >= 15 is 0 Å². The minimum absolute atomic E-state index is 0.312. The lowest BCUT2D eigenvalue weighted by Gasteiger charge is -2.38. The molecule has 1 aromatic carbocycles. The van der Waals surface area contributed by atoms with Gasteiger partial charge in [0.25, 0.3) is 0 Å². The van der Waals surface area contributed by atoms with Crippen LogP contribution in [0.1, 0.15) is 18.4 Å². The van der Waals surface area contributed by atoms with Crippen LogP contribution in [0.3, 0.4) is 0 Å². The Bertz CT molecular complexity index is 401. The fourth-order valence-corrected chi connectivity index (χ4v) is 3.05. The maximum absolute atomic E-state index is 5.80. The van der Waals surface area contributed by atoms with Crippen molar-refractivity contribution in [3.63, 3.8) is 0 Å². The largest absolute Gasteiger partial charge is 0.346 e. The molecular weight excluding hydrogens is 294 g/mol. The zero-order valence-corrected chi connectivity index (χ0v) is 12.0. The Morgan fingerprint density at radius 1 is 1.17 bits per heavy atom. The van der Waals surface area contributed by atoms with E-state index in [1.54, 1.807) is 0 Å². The molecule has 0 radical (unpaired) electrons. The number of nitrogens with zero attached hydrogens (tertiary/aromatic N) is 1. The lowest BCUT2D eigenvalue weighted by Crippen LogP contribution is -2.48. The molecule has 3 nitrogen and oxygen atoms in total. The molecule has 0 atom stereocenters. The predicted octanol–water partition coefficient (Wildman–Crippen LogP) is 2.79. The summed E-state index contributed by atoms with van der Waals surface area (Å²) in [7, 11) is 0. The molecule has 0 saturated carbocycles. The fourth-order valence-electron chi connectivity index (χ4n) is 2.79. The molecule has 2 aliphatic heterocycles. The van der Waals surface area contributed by atoms with Crippen molar-refractivity contribution < 1.29 is 9.47 Å². The van der Waals surface area contributed by atoms with E-state index in [4.69, 9.17) is 9.47 Å². The average molecular weight is 312 g/mol. The van der Waals surface area contributed by atoms with Crippen molar-refractivity contribution in [1.82, 2.24) is 4.90 Å². The minimum Gasteiger partial charge on any atom is -0.346 e. The van der Waals surface area contributed by atoms with Gasteiger partial charge in [0.1, 0.15) is 0 Å². The van der Waals surface area contributed by atoms with Crippen LogP contribution in [0, 0.1) is 0 Å². The van der Waals surface area contributed by atoms with Gasteiger partial charge in [0.2, 0.25) is 0 Å². The number of benzene rings is 1. The second kappa shape index (κ2) is 5.29. The number of rotatable bonds is 2. The zero-order valence-electron chi connectivity index (χ0n) is 10.4. The maximum Gasteiger partial charge on any atom is 0.181 e. The highest BCUT2D eigenvalue weighted by molar-refractivity contribution is 9.10. The zero-order chi connectivity index (χ0) is 12.4. The summed E-state index contributed by atoms with van der Waals surface area (Å²) in [4.78, 5) is 2.43. The SMILES string of the molecule is Brc1ccc(CN2CCCC3(C2)OCCO3)cc1. The Morgan fingerprint density at radius 3 is 2.61 bits per heavy atom. The van der Waals surface area contributed by atoms with E-state index in [1.807, 2.05) is 0 Å². The van der Waals surface area contributed by atoms with Crippen molar-refractivity contribution in [2.45, 2.75) is 25.2 Å². The van der Waals surface area contributed by atoms with Gasteiger partial charge in [0, 0.05) is 17.4 Å². The van der Waals surface area contributed by atoms with Crippen LogP contribution in [0.15, 0.2) is 28.7 Å². The second-order valence-corrected chi connectivity index (χ2v) is 5.96. The van der Waals surface area contributed by atoms with E-state index in [0.717, 1.165) is 50.2 Å². The van der Waals surface area contributed by atoms with E-state index in [1.165, 1.54) is 5.56 Å². The van der Waals surface area contributed by atoms with E-state index < -0.39 is 0 Å². The van der Waals surface area contributed by atoms with Gasteiger partial charge in [-0.15, -0.1) is 0 Å². The summed E-state index contributed by atoms with van der Waals surface area (Å²) in [6.07, 6.45) is 2.18. The molecular formula is C14H18BrNO2. The van der Waals surface area contributed by atoms with Gasteiger partial charge in [0.15, 0.2) is 5.79 Å². The molecule has 1 spiro atoms. The Kier molecular flexibility index (Phi) is 3.71. The quantitative estimate of drug-likeness (QED) is 0.838. The molecule has 0 amide bonds. The van der Waals surface area contributed by atoms with Gasteiger partial charge in [-0.1, -0.05) is 28.1 Å². The summed E-state index contributed by atoms with van der Waals surface area (Å²) in [6.45, 7) is 4.48. The van der Waals surface area contributed by atoms with Crippen LogP contribution in [-0.2, 0) is 16.0 Å². The van der Waals surface area contributed by atoms with Crippen molar-refractivity contribution in [2.24, 2.45) is 0 Å². The highest BCUT2D eigenvalue weighted by Gasteiger charge is 2.40. The number of hydrogen-bond donors (Lipinski definition) is 0. The Morgan fingerprint density at radius 2 is 1.89 bits per heavy atom. The molecule has 0 unspecified atom stereocenters. The monoisotopic (exact) mass is 311 g/mol. The molecule has 98 valence electrons. The first-order chi connectivity index (χ1) is 8.76. The van der Waals surface area contributed by atoms with Crippen molar-refractivity contribution in [3.05, 3.63) is 34.3 Å². The first-order valence-electron chi connectivity index (χ1n) is 6.51. The van der Waals surface area contributed by atoms with Crippen molar-refractivity contribution in [3.8, 4) is 0 Å². The molecule has 1 aromatic rings. The first kappa shape index (κ1) is 12.6. The van der Waals surface area contributed by atoms with E-state index in [0.29, 0.717) is 0 Å². The number of hydrogen-bond acceptors (Lipinski definition) is 3. The first-order valence-corrected chi connectivity index (χ1v) is 7.30. The minimum atomic E-state index is -0.312. The van der Waals surface area contributed by atoms with Crippen LogP contribution in [0.5, 0.6) is 0 Å². The topological polar surface area (TPSA) is 21.7 Å². The molecule has 0 aromatic heterocycles. The van der Waals surface area contributed by atoms with Crippen molar-refractivity contribution in [2.75, 3.05) is 26.3 Å². The van der Waals surface area contributed by atoms with E-state index in [2.05, 4.69) is 45.1 Å². The molecule has 0 bridgehead atoms. The van der Waals surface area contributed by atoms with Crippen LogP contribution in [0.4, 0.5) is 0 Å². The average Bonchev–Trinajstić information content (AvgIpc) is 2.80. The highest BCUT2D eigenvalue weighted by Crippen LogP contribution is 2.30. The molecule has 0 aliphatic carbocycles. The highest BCUT2D eigenvalue weighted by atomic mass is 79.9. The van der Waals surface area contributed by atoms with Crippen LogP contribution in [0.2, 0.25) is 0 Å². The maximum atomic E-state index is 5.80. The molecule has 2 aliphatic rings. The van der Waals surface area contributed by atoms with Crippen LogP contribution >= 0.6 is 15.9 Å². The summed E-state index contributed by atoms with van der Waals surface area (Å²) in [5, 5.41) is 0. The van der Waals surface area contributed by atoms with Gasteiger partial charge >= 0.3 is 0 Å². The summed E-state index contributed by atoms with van der Waals surface area (Å²) >= 11 is 3.47. The van der Waals surface area contributed by atoms with E-state index in [9.17, 15) is 0 Å². The molecule has 18 heavy (non-hydrogen) atoms. The molecule has 4 heteroatoms. The summed E-state index contributed by atoms with van der Waals surface area (Å²) < 4.78 is 12.7. The summed E-state index contributed by atoms with van der Waals surface area (Å²) in [6, 6.07) is 8.53.